The number of nitrogens with zero attached hydrogens (tertiary/aromatic N) is 7. The molecule has 41 heteroatoms. The molecule has 0 fully saturated rings. The van der Waals surface area contributed by atoms with Crippen molar-refractivity contribution in [3.63, 3.8) is 0 Å². The zero-order valence-electron chi connectivity index (χ0n) is 83.1. The average Bonchev–Trinajstić information content (AvgIpc) is 1.54. The summed E-state index contributed by atoms with van der Waals surface area (Å²) >= 11 is 11.4. The summed E-state index contributed by atoms with van der Waals surface area (Å²) in [4.78, 5) is 101. The van der Waals surface area contributed by atoms with E-state index in [1.807, 2.05) is 108 Å². The Morgan fingerprint density at radius 3 is 1.14 bits per heavy atom. The number of quaternary nitrogens is 4. The lowest BCUT2D eigenvalue weighted by atomic mass is 9.88. The van der Waals surface area contributed by atoms with Crippen molar-refractivity contribution in [2.24, 2.45) is 4.99 Å². The number of carbonyl (C=O) groups excluding carboxylic acids is 7. The molecular weight excluding hydrogens is 2220 g/mol. The number of carboxylic acids is 2. The fourth-order valence-corrected chi connectivity index (χ4v) is 20.2. The van der Waals surface area contributed by atoms with Crippen LogP contribution >= 0.6 is 79.4 Å². The number of carbonyl (C=O) groups is 7. The number of hydrogen-bond acceptors (Lipinski definition) is 20. The number of aromatic nitrogens is 5. The summed E-state index contributed by atoms with van der Waals surface area (Å²) in [5, 5.41) is 31.7. The molecule has 0 saturated heterocycles. The van der Waals surface area contributed by atoms with E-state index < -0.39 is 31.3 Å². The first-order valence-corrected chi connectivity index (χ1v) is 52.4. The van der Waals surface area contributed by atoms with E-state index in [2.05, 4.69) is 193 Å². The summed E-state index contributed by atoms with van der Waals surface area (Å²) < 4.78 is 118. The first kappa shape index (κ1) is 121. The minimum atomic E-state index is -5.19. The number of carboxylic acid groups (broad SMARTS) is 2. The van der Waals surface area contributed by atoms with Crippen molar-refractivity contribution in [3.05, 3.63) is 254 Å². The molecule has 144 heavy (non-hydrogen) atoms. The van der Waals surface area contributed by atoms with E-state index in [4.69, 9.17) is 39.0 Å². The van der Waals surface area contributed by atoms with E-state index >= 15 is 8.63 Å². The Labute approximate surface area is 897 Å². The highest BCUT2D eigenvalue weighted by atomic mass is 127. The number of aliphatic imine (C=N–C) groups is 1. The van der Waals surface area contributed by atoms with Gasteiger partial charge in [0.05, 0.1) is 205 Å². The van der Waals surface area contributed by atoms with E-state index in [1.165, 1.54) is 56.7 Å². The number of aliphatic carboxylic acids is 2. The van der Waals surface area contributed by atoms with Crippen molar-refractivity contribution >= 4 is 152 Å². The van der Waals surface area contributed by atoms with Crippen LogP contribution in [0.3, 0.4) is 0 Å². The highest BCUT2D eigenvalue weighted by molar-refractivity contribution is 7.15. The number of fused-ring (bicyclic) bond motifs is 2. The van der Waals surface area contributed by atoms with Crippen molar-refractivity contribution in [1.82, 2.24) is 24.4 Å². The van der Waals surface area contributed by atoms with Crippen LogP contribution in [0.4, 0.5) is 35.0 Å². The molecular formula is C103H124BF8I2N11O12S7. The Hall–Kier alpha value is -9.91. The summed E-state index contributed by atoms with van der Waals surface area (Å²) in [6, 6.07) is 38.8. The molecule has 0 aliphatic carbocycles. The third-order valence-electron chi connectivity index (χ3n) is 21.9. The van der Waals surface area contributed by atoms with Gasteiger partial charge in [0.25, 0.3) is 0 Å². The van der Waals surface area contributed by atoms with Gasteiger partial charge < -0.3 is 137 Å². The molecule has 12 aromatic rings. The molecule has 778 valence electrons. The molecule has 0 aromatic carbocycles. The number of aldehydes is 2. The summed E-state index contributed by atoms with van der Waals surface area (Å²) in [6.07, 6.45) is 11.9. The Morgan fingerprint density at radius 2 is 0.778 bits per heavy atom. The Morgan fingerprint density at radius 1 is 0.438 bits per heavy atom. The van der Waals surface area contributed by atoms with Gasteiger partial charge in [0, 0.05) is 90.8 Å². The van der Waals surface area contributed by atoms with Crippen LogP contribution in [-0.2, 0) is 70.3 Å². The fraction of sp³-hybridized carbons (Fsp3) is 0.369. The number of nitrogens with one attached hydrogen (secondary N) is 4. The lowest BCUT2D eigenvalue weighted by Gasteiger charge is -2.31. The molecule has 0 radical (unpaired) electrons. The van der Waals surface area contributed by atoms with E-state index in [1.54, 1.807) is 63.6 Å². The highest BCUT2D eigenvalue weighted by Crippen LogP contribution is 2.44. The van der Waals surface area contributed by atoms with E-state index in [0.717, 1.165) is 214 Å². The summed E-state index contributed by atoms with van der Waals surface area (Å²) in [6.45, 7) is 6.67. The van der Waals surface area contributed by atoms with E-state index in [9.17, 15) is 50.3 Å². The van der Waals surface area contributed by atoms with Crippen molar-refractivity contribution < 1.29 is 163 Å². The van der Waals surface area contributed by atoms with E-state index in [0.29, 0.717) is 68.3 Å². The predicted octanol–water partition coefficient (Wildman–Crippen LogP) is 15.1. The maximum absolute atomic E-state index is 16.8. The lowest BCUT2D eigenvalue weighted by Crippen LogP contribution is -3.00. The third kappa shape index (κ3) is 38.1. The molecule has 3 aliphatic rings. The van der Waals surface area contributed by atoms with Crippen molar-refractivity contribution in [2.45, 2.75) is 123 Å². The number of ether oxygens (including phenoxy) is 3. The van der Waals surface area contributed by atoms with Crippen LogP contribution in [0.1, 0.15) is 148 Å². The normalized spacial score (nSPS) is 13.3. The second-order valence-electron chi connectivity index (χ2n) is 37.4. The quantitative estimate of drug-likeness (QED) is 0.00535. The van der Waals surface area contributed by atoms with Gasteiger partial charge in [-0.25, -0.2) is 4.99 Å². The van der Waals surface area contributed by atoms with Crippen LogP contribution in [0.25, 0.3) is 65.0 Å². The standard InChI is InChI=1S/C28H33BF2N3O2S2.C28H34N3O2S2.2C15H20N2OS.C13H15NO2S.2C2HF3O2.2HI/c1-5-36-28(35)13-12-21-18-25(27-11-8-16-38-27)33-23(21)19-22-20(9-6-14-34(2,3)4)17-24(26-10-7-15-37-26)32(22)29(33,30)31;1-5-33-28(32)13-12-21-18-25(27-11-8-16-35-27)30-23(21)19-22-20(9-6-14-31(2,3)4)17-24(29-22)26-10-7-15-34-26;2*1-17(2,3)8-4-6-12-10-13(16-14(12)11-18)15-7-5-9-19-15;1-2-16-13(15)6-5-10-8-11(14-9-10)12-4-3-7-17-12;2*3-2(4,5)1(6)7;;/h7-8,10-11,15-19H,5-6,9,12-14H2,1-4H3;7-8,10-11,15-19,29H,5-6,9,12-14H2,1-4H3;2*5,7,9-11H,4,6,8H2,1-3H3;3-4,7-9,14H,2,5-6H2,1H3;2*(H,6,7);2*1H/q2*+1;;;;;;;/p-2/b;23-19-;;;;;;;. The van der Waals surface area contributed by atoms with Crippen LogP contribution in [0.2, 0.25) is 0 Å². The molecule has 4 N–H and O–H groups in total. The molecule has 23 nitrogen and oxygen atoms in total. The van der Waals surface area contributed by atoms with Gasteiger partial charge in [-0.3, -0.25) is 24.0 Å². The molecule has 0 bridgehead atoms. The lowest BCUT2D eigenvalue weighted by molar-refractivity contribution is -0.870. The SMILES string of the molecule is CCOC(=O)CCC1=CC(c2cccs2)=N/C1=C\c1[nH]c(-c2cccs2)cc1CCC[N+](C)(C)C.CCOC(=O)CCC1=CC(c2cccs2)=[N+]2C1=Cc1c(CCC[N+](C)(C)C)cc(-c3cccs3)n1[B-]2(F)F.CCOC(=O)CCc1c[nH]c(-c2cccs2)c1.C[N+](C)(C)CCCc1cc(-c2cccs2)[nH]c1C=O.C[N+](C)(C)CCCc1cc(-c2cccs2)[nH]c1C=O.O=C([O-])C(F)(F)F.O=C([O-])C(F)(F)F.[I-].[I-]. The van der Waals surface area contributed by atoms with Crippen molar-refractivity contribution in [2.75, 3.05) is 131 Å². The van der Waals surface area contributed by atoms with Gasteiger partial charge in [0.2, 0.25) is 0 Å². The molecule has 0 atom stereocenters. The summed E-state index contributed by atoms with van der Waals surface area (Å²) in [7, 11) is 26.3. The fourth-order valence-electron chi connectivity index (χ4n) is 15.3. The summed E-state index contributed by atoms with van der Waals surface area (Å²) in [5.74, 6) is -6.63. The average molecular weight is 2350 g/mol. The molecule has 0 unspecified atom stereocenters. The summed E-state index contributed by atoms with van der Waals surface area (Å²) in [5.41, 5.74) is 18.3. The maximum Gasteiger partial charge on any atom is 0.737 e. The monoisotopic (exact) mass is 2350 g/mol. The van der Waals surface area contributed by atoms with Crippen LogP contribution in [0.15, 0.2) is 199 Å². The Balaban J connectivity index is 0.000000243. The molecule has 15 rings (SSSR count). The maximum atomic E-state index is 16.8. The number of esters is 3. The molecule has 0 amide bonds. The number of alkyl halides is 6. The number of hydrogen-bond donors (Lipinski definition) is 4. The zero-order chi connectivity index (χ0) is 104. The molecule has 12 aromatic heterocycles. The van der Waals surface area contributed by atoms with Crippen LogP contribution in [0, 0.1) is 0 Å². The Bertz CT molecular complexity index is 6150. The molecule has 3 aliphatic heterocycles. The second kappa shape index (κ2) is 56.3. The number of aryl methyl sites for hydroxylation is 5. The van der Waals surface area contributed by atoms with Crippen LogP contribution in [0.5, 0.6) is 0 Å². The number of allylic oxidation sites excluding steroid dienone is 4. The topological polar surface area (TPSA) is 277 Å². The van der Waals surface area contributed by atoms with Gasteiger partial charge in [0.15, 0.2) is 24.0 Å². The van der Waals surface area contributed by atoms with Gasteiger partial charge in [0.1, 0.15) is 11.9 Å². The van der Waals surface area contributed by atoms with Crippen LogP contribution < -0.4 is 58.2 Å². The number of aromatic amines is 4. The van der Waals surface area contributed by atoms with Gasteiger partial charge in [-0.2, -0.15) is 26.3 Å². The highest BCUT2D eigenvalue weighted by Gasteiger charge is 2.55. The minimum absolute atomic E-state index is 0. The second-order valence-corrected chi connectivity index (χ2v) is 44.0. The Kier molecular flexibility index (Phi) is 47.3. The number of thiophene rings is 7. The smallest absolute Gasteiger partial charge is 0.737 e. The van der Waals surface area contributed by atoms with Crippen LogP contribution in [-0.4, -0.2) is 251 Å². The third-order valence-corrected chi connectivity index (χ3v) is 28.2. The number of rotatable bonds is 38. The molecule has 0 saturated carbocycles. The predicted molar refractivity (Wildman–Crippen MR) is 554 cm³/mol. The van der Waals surface area contributed by atoms with Crippen molar-refractivity contribution in [3.8, 4) is 52.9 Å². The number of H-pyrrole nitrogens is 4. The van der Waals surface area contributed by atoms with Crippen molar-refractivity contribution in [1.29, 1.82) is 0 Å². The van der Waals surface area contributed by atoms with Gasteiger partial charge >= 0.3 is 37.2 Å². The number of halogens is 10. The van der Waals surface area contributed by atoms with Gasteiger partial charge in [-0.1, -0.05) is 42.5 Å². The van der Waals surface area contributed by atoms with Gasteiger partial charge in [-0.15, -0.1) is 79.4 Å². The first-order chi connectivity index (χ1) is 67.1. The van der Waals surface area contributed by atoms with E-state index in [-0.39, 0.29) is 72.3 Å². The molecule has 0 spiro atoms. The van der Waals surface area contributed by atoms with Gasteiger partial charge in [-0.05, 0) is 222 Å². The first-order valence-electron chi connectivity index (χ1n) is 46.2. The largest absolute Gasteiger partial charge is 1.00 e. The minimum Gasteiger partial charge on any atom is -1.00 e. The molecule has 15 heterocycles. The zero-order valence-corrected chi connectivity index (χ0v) is 93.2.